The van der Waals surface area contributed by atoms with Gasteiger partial charge in [-0.25, -0.2) is 14.5 Å². The molecule has 0 saturated carbocycles. The van der Waals surface area contributed by atoms with Crippen LogP contribution in [0, 0.1) is 0 Å². The maximum absolute atomic E-state index is 13.7. The SMILES string of the molecule is CC(c1nc(C(F)(F)F)cs1)N1C[C@@H](C(=O)O)n2nc3c(c2C1=O)CN(C(=O)c1ccc(Cl)c(Cl)c1)[C@H](C)C3. The molecule has 1 aromatic carbocycles. The van der Waals surface area contributed by atoms with Crippen LogP contribution in [0.3, 0.4) is 0 Å². The lowest BCUT2D eigenvalue weighted by Crippen LogP contribution is -2.47. The zero-order chi connectivity index (χ0) is 28.4. The van der Waals surface area contributed by atoms with E-state index in [0.717, 1.165) is 21.4 Å². The Kier molecular flexibility index (Phi) is 6.88. The van der Waals surface area contributed by atoms with Gasteiger partial charge >= 0.3 is 12.1 Å². The number of nitrogens with zero attached hydrogens (tertiary/aromatic N) is 5. The molecule has 0 bridgehead atoms. The summed E-state index contributed by atoms with van der Waals surface area (Å²) >= 11 is 12.8. The van der Waals surface area contributed by atoms with Crippen LogP contribution in [0.5, 0.6) is 0 Å². The Bertz CT molecular complexity index is 1510. The highest BCUT2D eigenvalue weighted by molar-refractivity contribution is 7.09. The van der Waals surface area contributed by atoms with Crippen LogP contribution in [0.2, 0.25) is 10.0 Å². The van der Waals surface area contributed by atoms with Gasteiger partial charge in [0.15, 0.2) is 11.7 Å². The van der Waals surface area contributed by atoms with Crippen LogP contribution in [0.25, 0.3) is 0 Å². The van der Waals surface area contributed by atoms with Crippen molar-refractivity contribution in [1.29, 1.82) is 0 Å². The van der Waals surface area contributed by atoms with E-state index in [9.17, 15) is 32.7 Å². The highest BCUT2D eigenvalue weighted by atomic mass is 35.5. The number of carbonyl (C=O) groups is 3. The van der Waals surface area contributed by atoms with Gasteiger partial charge in [-0.15, -0.1) is 11.3 Å². The Balaban J connectivity index is 1.51. The van der Waals surface area contributed by atoms with Crippen molar-refractivity contribution < 1.29 is 32.7 Å². The fraction of sp³-hybridized carbons (Fsp3) is 0.375. The minimum Gasteiger partial charge on any atom is -0.480 e. The number of carbonyl (C=O) groups excluding carboxylic acids is 2. The summed E-state index contributed by atoms with van der Waals surface area (Å²) in [6.45, 7) is 2.96. The maximum atomic E-state index is 13.7. The third kappa shape index (κ3) is 4.76. The zero-order valence-electron chi connectivity index (χ0n) is 20.4. The van der Waals surface area contributed by atoms with Crippen LogP contribution < -0.4 is 0 Å². The summed E-state index contributed by atoms with van der Waals surface area (Å²) in [4.78, 5) is 45.7. The molecule has 0 saturated heterocycles. The molecule has 5 rings (SSSR count). The summed E-state index contributed by atoms with van der Waals surface area (Å²) in [5.41, 5.74) is 0.0709. The molecule has 3 aromatic rings. The number of halogens is 5. The summed E-state index contributed by atoms with van der Waals surface area (Å²) < 4.78 is 40.5. The molecule has 1 N–H and O–H groups in total. The smallest absolute Gasteiger partial charge is 0.434 e. The minimum atomic E-state index is -4.65. The molecule has 1 unspecified atom stereocenters. The van der Waals surface area contributed by atoms with E-state index in [4.69, 9.17) is 23.2 Å². The van der Waals surface area contributed by atoms with Crippen molar-refractivity contribution in [2.24, 2.45) is 0 Å². The van der Waals surface area contributed by atoms with Gasteiger partial charge < -0.3 is 14.9 Å². The molecular weight excluding hydrogens is 582 g/mol. The third-order valence-corrected chi connectivity index (χ3v) is 8.67. The van der Waals surface area contributed by atoms with Gasteiger partial charge in [-0.3, -0.25) is 9.59 Å². The first-order valence-electron chi connectivity index (χ1n) is 11.7. The van der Waals surface area contributed by atoms with Crippen molar-refractivity contribution in [1.82, 2.24) is 24.6 Å². The molecule has 3 atom stereocenters. The fourth-order valence-electron chi connectivity index (χ4n) is 4.82. The number of hydrogen-bond donors (Lipinski definition) is 1. The molecule has 4 heterocycles. The van der Waals surface area contributed by atoms with Crippen LogP contribution in [-0.4, -0.2) is 60.0 Å². The number of rotatable bonds is 4. The second-order valence-corrected chi connectivity index (χ2v) is 11.1. The van der Waals surface area contributed by atoms with Crippen molar-refractivity contribution in [3.05, 3.63) is 66.8 Å². The summed E-state index contributed by atoms with van der Waals surface area (Å²) in [7, 11) is 0. The van der Waals surface area contributed by atoms with Crippen molar-refractivity contribution in [2.75, 3.05) is 6.54 Å². The monoisotopic (exact) mass is 601 g/mol. The first-order valence-corrected chi connectivity index (χ1v) is 13.3. The Hall–Kier alpha value is -3.16. The van der Waals surface area contributed by atoms with Crippen LogP contribution in [-0.2, 0) is 23.9 Å². The van der Waals surface area contributed by atoms with Gasteiger partial charge in [0.05, 0.1) is 34.9 Å². The van der Waals surface area contributed by atoms with Crippen molar-refractivity contribution >= 4 is 52.3 Å². The first-order chi connectivity index (χ1) is 18.3. The minimum absolute atomic E-state index is 0.0121. The Labute approximate surface area is 233 Å². The van der Waals surface area contributed by atoms with E-state index < -0.39 is 35.8 Å². The summed E-state index contributed by atoms with van der Waals surface area (Å²) in [5.74, 6) is -2.22. The van der Waals surface area contributed by atoms with Crippen molar-refractivity contribution in [2.45, 2.75) is 51.1 Å². The van der Waals surface area contributed by atoms with Gasteiger partial charge in [0.1, 0.15) is 10.7 Å². The second-order valence-electron chi connectivity index (χ2n) is 9.39. The van der Waals surface area contributed by atoms with E-state index in [2.05, 4.69) is 10.1 Å². The highest BCUT2D eigenvalue weighted by Gasteiger charge is 2.44. The summed E-state index contributed by atoms with van der Waals surface area (Å²) in [6.07, 6.45) is -4.39. The molecule has 39 heavy (non-hydrogen) atoms. The van der Waals surface area contributed by atoms with E-state index in [0.29, 0.717) is 11.3 Å². The van der Waals surface area contributed by atoms with E-state index in [1.165, 1.54) is 34.9 Å². The number of alkyl halides is 3. The lowest BCUT2D eigenvalue weighted by atomic mass is 9.97. The normalized spacial score (nSPS) is 20.0. The van der Waals surface area contributed by atoms with Gasteiger partial charge in [-0.05, 0) is 32.0 Å². The average Bonchev–Trinajstić information content (AvgIpc) is 3.50. The molecule has 0 spiro atoms. The molecule has 206 valence electrons. The fourth-order valence-corrected chi connectivity index (χ4v) is 6.02. The zero-order valence-corrected chi connectivity index (χ0v) is 22.7. The average molecular weight is 602 g/mol. The largest absolute Gasteiger partial charge is 0.480 e. The third-order valence-electron chi connectivity index (χ3n) is 6.92. The van der Waals surface area contributed by atoms with Gasteiger partial charge in [-0.2, -0.15) is 18.3 Å². The number of amides is 2. The topological polar surface area (TPSA) is 109 Å². The van der Waals surface area contributed by atoms with Crippen LogP contribution in [0.15, 0.2) is 23.6 Å². The molecule has 2 aliphatic rings. The molecule has 9 nitrogen and oxygen atoms in total. The standard InChI is InChI=1S/C24H20Cl2F3N5O4S/c1-10-5-16-13(7-32(10)21(35)12-3-4-14(25)15(26)6-12)19-22(36)33(8-17(23(37)38)34(19)31-16)11(2)20-30-18(9-39-20)24(27,28)29/h3-4,6,9-11,17H,5,7-8H2,1-2H3,(H,37,38)/t10-,11?,17+/m1/s1. The van der Waals surface area contributed by atoms with Crippen LogP contribution in [0.1, 0.15) is 68.7 Å². The van der Waals surface area contributed by atoms with Gasteiger partial charge in [-0.1, -0.05) is 23.2 Å². The predicted molar refractivity (Wildman–Crippen MR) is 135 cm³/mol. The molecule has 0 fully saturated rings. The van der Waals surface area contributed by atoms with E-state index in [1.807, 2.05) is 6.92 Å². The second kappa shape index (κ2) is 9.79. The molecular formula is C24H20Cl2F3N5O4S. The number of benzene rings is 1. The summed E-state index contributed by atoms with van der Waals surface area (Å²) in [6, 6.07) is 1.94. The van der Waals surface area contributed by atoms with E-state index in [-0.39, 0.29) is 57.8 Å². The lowest BCUT2D eigenvalue weighted by Gasteiger charge is -2.36. The van der Waals surface area contributed by atoms with Gasteiger partial charge in [0.25, 0.3) is 11.8 Å². The first kappa shape index (κ1) is 27.4. The van der Waals surface area contributed by atoms with Crippen molar-refractivity contribution in [3.8, 4) is 0 Å². The van der Waals surface area contributed by atoms with Crippen molar-refractivity contribution in [3.63, 3.8) is 0 Å². The van der Waals surface area contributed by atoms with Gasteiger partial charge in [0.2, 0.25) is 0 Å². The number of thiazole rings is 1. The molecule has 2 aromatic heterocycles. The number of carboxylic acids is 1. The Morgan fingerprint density at radius 2 is 1.95 bits per heavy atom. The number of aliphatic carboxylic acids is 1. The lowest BCUT2D eigenvalue weighted by molar-refractivity contribution is -0.142. The molecule has 15 heteroatoms. The van der Waals surface area contributed by atoms with E-state index >= 15 is 0 Å². The number of hydrogen-bond acceptors (Lipinski definition) is 6. The highest BCUT2D eigenvalue weighted by Crippen LogP contribution is 2.38. The molecule has 0 radical (unpaired) electrons. The number of carboxylic acid groups (broad SMARTS) is 1. The number of aromatic nitrogens is 3. The molecule has 0 aliphatic carbocycles. The van der Waals surface area contributed by atoms with Gasteiger partial charge in [0, 0.05) is 29.0 Å². The quantitative estimate of drug-likeness (QED) is 0.446. The van der Waals surface area contributed by atoms with Crippen LogP contribution in [0.4, 0.5) is 13.2 Å². The maximum Gasteiger partial charge on any atom is 0.434 e. The molecule has 2 aliphatic heterocycles. The van der Waals surface area contributed by atoms with E-state index in [1.54, 1.807) is 0 Å². The summed E-state index contributed by atoms with van der Waals surface area (Å²) in [5, 5.41) is 15.8. The predicted octanol–water partition coefficient (Wildman–Crippen LogP) is 5.09. The Morgan fingerprint density at radius 3 is 2.56 bits per heavy atom. The Morgan fingerprint density at radius 1 is 1.23 bits per heavy atom. The molecule has 2 amide bonds. The van der Waals surface area contributed by atoms with Crippen LogP contribution >= 0.6 is 34.5 Å². The number of fused-ring (bicyclic) bond motifs is 3.